The zero-order chi connectivity index (χ0) is 12.4. The largest absolute Gasteiger partial charge is 0.496 e. The van der Waals surface area contributed by atoms with E-state index in [2.05, 4.69) is 20.9 Å². The van der Waals surface area contributed by atoms with Crippen LogP contribution in [0.3, 0.4) is 0 Å². The molecule has 2 N–H and O–H groups in total. The van der Waals surface area contributed by atoms with Crippen molar-refractivity contribution < 1.29 is 9.13 Å². The predicted octanol–water partition coefficient (Wildman–Crippen LogP) is 3.23. The van der Waals surface area contributed by atoms with Crippen molar-refractivity contribution in [2.45, 2.75) is 6.42 Å². The predicted molar refractivity (Wildman–Crippen MR) is 70.0 cm³/mol. The third-order valence-corrected chi connectivity index (χ3v) is 4.06. The van der Waals surface area contributed by atoms with Crippen LogP contribution in [-0.2, 0) is 6.42 Å². The van der Waals surface area contributed by atoms with Gasteiger partial charge in [-0.1, -0.05) is 0 Å². The molecule has 17 heavy (non-hydrogen) atoms. The molecule has 0 aliphatic rings. The van der Waals surface area contributed by atoms with Crippen LogP contribution < -0.4 is 10.5 Å². The van der Waals surface area contributed by atoms with Crippen LogP contribution in [-0.4, -0.2) is 12.1 Å². The smallest absolute Gasteiger partial charge is 0.181 e. The highest BCUT2D eigenvalue weighted by atomic mass is 79.9. The van der Waals surface area contributed by atoms with Gasteiger partial charge in [-0.2, -0.15) is 0 Å². The first-order valence-electron chi connectivity index (χ1n) is 4.83. The highest BCUT2D eigenvalue weighted by Crippen LogP contribution is 2.30. The van der Waals surface area contributed by atoms with E-state index >= 15 is 0 Å². The Hall–Kier alpha value is -1.14. The number of nitrogen functional groups attached to an aromatic ring is 1. The van der Waals surface area contributed by atoms with E-state index in [1.165, 1.54) is 23.5 Å². The van der Waals surface area contributed by atoms with Gasteiger partial charge in [0.05, 0.1) is 7.11 Å². The summed E-state index contributed by atoms with van der Waals surface area (Å²) in [5.41, 5.74) is 6.38. The van der Waals surface area contributed by atoms with Crippen LogP contribution in [0.5, 0.6) is 5.75 Å². The van der Waals surface area contributed by atoms with E-state index in [9.17, 15) is 4.39 Å². The van der Waals surface area contributed by atoms with Gasteiger partial charge in [-0.15, -0.1) is 11.3 Å². The maximum atomic E-state index is 13.2. The van der Waals surface area contributed by atoms with E-state index in [0.29, 0.717) is 21.9 Å². The van der Waals surface area contributed by atoms with Gasteiger partial charge < -0.3 is 10.5 Å². The number of anilines is 1. The van der Waals surface area contributed by atoms with E-state index in [4.69, 9.17) is 10.5 Å². The normalized spacial score (nSPS) is 10.5. The SMILES string of the molecule is COc1ccc(F)cc1Cc1sc(N)nc1Br. The maximum Gasteiger partial charge on any atom is 0.181 e. The molecule has 90 valence electrons. The molecule has 1 aromatic heterocycles. The highest BCUT2D eigenvalue weighted by Gasteiger charge is 2.11. The van der Waals surface area contributed by atoms with Crippen molar-refractivity contribution in [2.24, 2.45) is 0 Å². The summed E-state index contributed by atoms with van der Waals surface area (Å²) in [4.78, 5) is 5.01. The highest BCUT2D eigenvalue weighted by molar-refractivity contribution is 9.10. The Labute approximate surface area is 111 Å². The zero-order valence-corrected chi connectivity index (χ0v) is 11.4. The molecule has 0 unspecified atom stereocenters. The molecule has 3 nitrogen and oxygen atoms in total. The van der Waals surface area contributed by atoms with Crippen LogP contribution in [0.25, 0.3) is 0 Å². The van der Waals surface area contributed by atoms with Gasteiger partial charge in [0.15, 0.2) is 5.13 Å². The molecule has 0 amide bonds. The van der Waals surface area contributed by atoms with Crippen LogP contribution in [0.4, 0.5) is 9.52 Å². The number of benzene rings is 1. The second-order valence-corrected chi connectivity index (χ2v) is 5.27. The number of ether oxygens (including phenoxy) is 1. The third-order valence-electron chi connectivity index (χ3n) is 2.26. The minimum absolute atomic E-state index is 0.283. The van der Waals surface area contributed by atoms with Crippen molar-refractivity contribution in [2.75, 3.05) is 12.8 Å². The van der Waals surface area contributed by atoms with E-state index in [1.54, 1.807) is 13.2 Å². The fourth-order valence-electron chi connectivity index (χ4n) is 1.52. The van der Waals surface area contributed by atoms with Gasteiger partial charge in [0.2, 0.25) is 0 Å². The summed E-state index contributed by atoms with van der Waals surface area (Å²) in [7, 11) is 1.56. The Kier molecular flexibility index (Phi) is 3.63. The molecule has 0 bridgehead atoms. The summed E-state index contributed by atoms with van der Waals surface area (Å²) < 4.78 is 19.1. The Morgan fingerprint density at radius 2 is 2.29 bits per heavy atom. The molecule has 0 saturated heterocycles. The summed E-state index contributed by atoms with van der Waals surface area (Å²) in [5.74, 6) is 0.375. The molecule has 0 atom stereocenters. The van der Waals surface area contributed by atoms with E-state index in [-0.39, 0.29) is 5.82 Å². The van der Waals surface area contributed by atoms with Crippen LogP contribution in [0, 0.1) is 5.82 Å². The number of thiazole rings is 1. The summed E-state index contributed by atoms with van der Waals surface area (Å²) in [6.07, 6.45) is 0.538. The number of hydrogen-bond donors (Lipinski definition) is 1. The lowest BCUT2D eigenvalue weighted by Crippen LogP contribution is -1.94. The fourth-order valence-corrected chi connectivity index (χ4v) is 2.96. The van der Waals surface area contributed by atoms with Crippen molar-refractivity contribution in [1.29, 1.82) is 0 Å². The lowest BCUT2D eigenvalue weighted by Gasteiger charge is -2.07. The minimum atomic E-state index is -0.283. The van der Waals surface area contributed by atoms with Crippen molar-refractivity contribution in [1.82, 2.24) is 4.98 Å². The first kappa shape index (κ1) is 12.3. The van der Waals surface area contributed by atoms with E-state index < -0.39 is 0 Å². The zero-order valence-electron chi connectivity index (χ0n) is 9.04. The average molecular weight is 317 g/mol. The molecule has 0 aliphatic heterocycles. The van der Waals surface area contributed by atoms with Gasteiger partial charge in [0.25, 0.3) is 0 Å². The first-order valence-corrected chi connectivity index (χ1v) is 6.44. The quantitative estimate of drug-likeness (QED) is 0.945. The van der Waals surface area contributed by atoms with E-state index in [1.807, 2.05) is 0 Å². The monoisotopic (exact) mass is 316 g/mol. The molecule has 0 fully saturated rings. The fraction of sp³-hybridized carbons (Fsp3) is 0.182. The molecule has 0 spiro atoms. The second-order valence-electron chi connectivity index (χ2n) is 3.40. The van der Waals surface area contributed by atoms with Crippen LogP contribution in [0.2, 0.25) is 0 Å². The first-order chi connectivity index (χ1) is 8.10. The molecule has 1 heterocycles. The topological polar surface area (TPSA) is 48.1 Å². The van der Waals surface area contributed by atoms with E-state index in [0.717, 1.165) is 10.4 Å². The number of hydrogen-bond acceptors (Lipinski definition) is 4. The molecule has 0 saturated carbocycles. The maximum absolute atomic E-state index is 13.2. The summed E-state index contributed by atoms with van der Waals surface area (Å²) in [6, 6.07) is 4.45. The Morgan fingerprint density at radius 3 is 2.88 bits per heavy atom. The lowest BCUT2D eigenvalue weighted by atomic mass is 10.1. The Bertz CT molecular complexity index is 544. The summed E-state index contributed by atoms with van der Waals surface area (Å²) >= 11 is 4.70. The van der Waals surface area contributed by atoms with Gasteiger partial charge in [0.1, 0.15) is 16.2 Å². The number of halogens is 2. The standard InChI is InChI=1S/C11H10BrFN2OS/c1-16-8-3-2-7(13)4-6(8)5-9-10(12)15-11(14)17-9/h2-4H,5H2,1H3,(H2,14,15). The Morgan fingerprint density at radius 1 is 1.53 bits per heavy atom. The summed E-state index contributed by atoms with van der Waals surface area (Å²) in [5, 5.41) is 0.488. The van der Waals surface area contributed by atoms with Crippen LogP contribution >= 0.6 is 27.3 Å². The molecule has 0 aliphatic carbocycles. The number of aromatic nitrogens is 1. The van der Waals surface area contributed by atoms with Crippen LogP contribution in [0.15, 0.2) is 22.8 Å². The summed E-state index contributed by atoms with van der Waals surface area (Å²) in [6.45, 7) is 0. The second kappa shape index (κ2) is 5.01. The van der Waals surface area contributed by atoms with Crippen molar-refractivity contribution >= 4 is 32.4 Å². The average Bonchev–Trinajstić information content (AvgIpc) is 2.58. The third kappa shape index (κ3) is 2.76. The molecule has 2 rings (SSSR count). The lowest BCUT2D eigenvalue weighted by molar-refractivity contribution is 0.409. The van der Waals surface area contributed by atoms with Crippen molar-refractivity contribution in [3.05, 3.63) is 39.1 Å². The molecule has 6 heteroatoms. The molecule has 1 aromatic carbocycles. The van der Waals surface area contributed by atoms with Crippen LogP contribution in [0.1, 0.15) is 10.4 Å². The number of methoxy groups -OCH3 is 1. The van der Waals surface area contributed by atoms with Gasteiger partial charge >= 0.3 is 0 Å². The van der Waals surface area contributed by atoms with Gasteiger partial charge in [0, 0.05) is 16.9 Å². The molecule has 2 aromatic rings. The minimum Gasteiger partial charge on any atom is -0.496 e. The molecular weight excluding hydrogens is 307 g/mol. The van der Waals surface area contributed by atoms with Gasteiger partial charge in [-0.05, 0) is 34.1 Å². The number of nitrogens with two attached hydrogens (primary N) is 1. The number of nitrogens with zero attached hydrogens (tertiary/aromatic N) is 1. The van der Waals surface area contributed by atoms with Gasteiger partial charge in [-0.25, -0.2) is 9.37 Å². The molecular formula is C11H10BrFN2OS. The van der Waals surface area contributed by atoms with Crippen molar-refractivity contribution in [3.63, 3.8) is 0 Å². The Balaban J connectivity index is 2.35. The number of rotatable bonds is 3. The van der Waals surface area contributed by atoms with Crippen molar-refractivity contribution in [3.8, 4) is 5.75 Å². The molecule has 0 radical (unpaired) electrons. The van der Waals surface area contributed by atoms with Gasteiger partial charge in [-0.3, -0.25) is 0 Å².